The number of methoxy groups -OCH3 is 1. The highest BCUT2D eigenvalue weighted by Crippen LogP contribution is 2.32. The largest absolute Gasteiger partial charge is 0.491 e. The monoisotopic (exact) mass is 223 g/mol. The van der Waals surface area contributed by atoms with Gasteiger partial charge in [0, 0.05) is 18.9 Å². The molecule has 1 rings (SSSR count). The first-order valence-electron chi connectivity index (χ1n) is 5.47. The average Bonchev–Trinajstić information content (AvgIpc) is 2.16. The van der Waals surface area contributed by atoms with Crippen LogP contribution in [0.2, 0.25) is 0 Å². The zero-order chi connectivity index (χ0) is 12.2. The van der Waals surface area contributed by atoms with Crippen molar-refractivity contribution in [2.24, 2.45) is 0 Å². The molecule has 0 radical (unpaired) electrons. The summed E-state index contributed by atoms with van der Waals surface area (Å²) in [5, 5.41) is 0. The Kier molecular flexibility index (Phi) is 4.19. The van der Waals surface area contributed by atoms with Gasteiger partial charge in [-0.1, -0.05) is 26.8 Å². The Hall–Kier alpha value is -1.22. The summed E-state index contributed by atoms with van der Waals surface area (Å²) >= 11 is 0. The fourth-order valence-corrected chi connectivity index (χ4v) is 1.51. The van der Waals surface area contributed by atoms with Crippen molar-refractivity contribution in [1.82, 2.24) is 0 Å². The van der Waals surface area contributed by atoms with Crippen molar-refractivity contribution >= 4 is 5.69 Å². The molecule has 0 aliphatic rings. The van der Waals surface area contributed by atoms with Gasteiger partial charge < -0.3 is 15.2 Å². The minimum atomic E-state index is 0.0517. The van der Waals surface area contributed by atoms with Gasteiger partial charge in [-0.3, -0.25) is 0 Å². The molecule has 0 saturated heterocycles. The van der Waals surface area contributed by atoms with E-state index >= 15 is 0 Å². The van der Waals surface area contributed by atoms with Gasteiger partial charge in [-0.15, -0.1) is 0 Å². The lowest BCUT2D eigenvalue weighted by Crippen LogP contribution is -2.15. The second kappa shape index (κ2) is 5.21. The predicted molar refractivity (Wildman–Crippen MR) is 66.9 cm³/mol. The van der Waals surface area contributed by atoms with E-state index in [1.165, 1.54) is 0 Å². The highest BCUT2D eigenvalue weighted by Gasteiger charge is 2.18. The smallest absolute Gasteiger partial charge is 0.125 e. The molecule has 16 heavy (non-hydrogen) atoms. The Balaban J connectivity index is 2.90. The van der Waals surface area contributed by atoms with Crippen molar-refractivity contribution in [3.05, 3.63) is 23.8 Å². The quantitative estimate of drug-likeness (QED) is 0.630. The summed E-state index contributed by atoms with van der Waals surface area (Å²) in [5.41, 5.74) is 7.70. The maximum absolute atomic E-state index is 5.76. The van der Waals surface area contributed by atoms with Crippen molar-refractivity contribution in [2.75, 3.05) is 26.1 Å². The van der Waals surface area contributed by atoms with Crippen LogP contribution in [0.15, 0.2) is 18.2 Å². The van der Waals surface area contributed by atoms with E-state index in [2.05, 4.69) is 20.8 Å². The average molecular weight is 223 g/mol. The lowest BCUT2D eigenvalue weighted by atomic mass is 9.86. The van der Waals surface area contributed by atoms with E-state index in [1.54, 1.807) is 7.11 Å². The van der Waals surface area contributed by atoms with Crippen LogP contribution in [0.3, 0.4) is 0 Å². The number of hydrogen-bond acceptors (Lipinski definition) is 3. The van der Waals surface area contributed by atoms with Gasteiger partial charge >= 0.3 is 0 Å². The molecule has 0 aliphatic carbocycles. The van der Waals surface area contributed by atoms with E-state index in [1.807, 2.05) is 18.2 Å². The van der Waals surface area contributed by atoms with Crippen molar-refractivity contribution < 1.29 is 9.47 Å². The van der Waals surface area contributed by atoms with E-state index in [0.717, 1.165) is 17.0 Å². The van der Waals surface area contributed by atoms with Crippen LogP contribution in [0.4, 0.5) is 5.69 Å². The highest BCUT2D eigenvalue weighted by atomic mass is 16.5. The summed E-state index contributed by atoms with van der Waals surface area (Å²) in [6.07, 6.45) is 0. The molecule has 0 heterocycles. The highest BCUT2D eigenvalue weighted by molar-refractivity contribution is 5.50. The maximum atomic E-state index is 5.76. The van der Waals surface area contributed by atoms with E-state index in [-0.39, 0.29) is 5.41 Å². The zero-order valence-electron chi connectivity index (χ0n) is 10.5. The molecule has 0 saturated carbocycles. The number of benzene rings is 1. The molecule has 3 nitrogen and oxygen atoms in total. The molecule has 0 aromatic heterocycles. The molecule has 0 aliphatic heterocycles. The normalized spacial score (nSPS) is 11.5. The van der Waals surface area contributed by atoms with Crippen LogP contribution < -0.4 is 10.5 Å². The molecule has 3 heteroatoms. The fourth-order valence-electron chi connectivity index (χ4n) is 1.51. The lowest BCUT2D eigenvalue weighted by Gasteiger charge is -2.23. The van der Waals surface area contributed by atoms with Gasteiger partial charge in [0.2, 0.25) is 0 Å². The summed E-state index contributed by atoms with van der Waals surface area (Å²) in [6, 6.07) is 5.80. The first-order valence-corrected chi connectivity index (χ1v) is 5.47. The Morgan fingerprint density at radius 3 is 2.44 bits per heavy atom. The van der Waals surface area contributed by atoms with Gasteiger partial charge in [0.25, 0.3) is 0 Å². The molecule has 0 amide bonds. The molecular weight excluding hydrogens is 202 g/mol. The minimum absolute atomic E-state index is 0.0517. The molecule has 1 aromatic rings. The number of hydrogen-bond donors (Lipinski definition) is 1. The van der Waals surface area contributed by atoms with Crippen molar-refractivity contribution in [1.29, 1.82) is 0 Å². The van der Waals surface area contributed by atoms with Crippen molar-refractivity contribution in [2.45, 2.75) is 26.2 Å². The zero-order valence-corrected chi connectivity index (χ0v) is 10.5. The van der Waals surface area contributed by atoms with Crippen LogP contribution in [0.25, 0.3) is 0 Å². The summed E-state index contributed by atoms with van der Waals surface area (Å²) < 4.78 is 10.6. The van der Waals surface area contributed by atoms with Gasteiger partial charge in [0.1, 0.15) is 12.4 Å². The third kappa shape index (κ3) is 3.42. The molecular formula is C13H21NO2. The number of anilines is 1. The topological polar surface area (TPSA) is 44.5 Å². The standard InChI is InChI=1S/C13H21NO2/c1-13(2,3)11-6-5-10(14)9-12(11)16-8-7-15-4/h5-6,9H,7-8,14H2,1-4H3. The maximum Gasteiger partial charge on any atom is 0.125 e. The van der Waals surface area contributed by atoms with Crippen LogP contribution in [-0.4, -0.2) is 20.3 Å². The summed E-state index contributed by atoms with van der Waals surface area (Å²) in [7, 11) is 1.66. The SMILES string of the molecule is COCCOc1cc(N)ccc1C(C)(C)C. The summed E-state index contributed by atoms with van der Waals surface area (Å²) in [4.78, 5) is 0. The van der Waals surface area contributed by atoms with Crippen LogP contribution >= 0.6 is 0 Å². The lowest BCUT2D eigenvalue weighted by molar-refractivity contribution is 0.145. The molecule has 0 bridgehead atoms. The predicted octanol–water partition coefficient (Wildman–Crippen LogP) is 2.59. The van der Waals surface area contributed by atoms with Gasteiger partial charge in [-0.2, -0.15) is 0 Å². The summed E-state index contributed by atoms with van der Waals surface area (Å²) in [5.74, 6) is 0.851. The second-order valence-corrected chi connectivity index (χ2v) is 4.85. The van der Waals surface area contributed by atoms with E-state index in [4.69, 9.17) is 15.2 Å². The summed E-state index contributed by atoms with van der Waals surface area (Å²) in [6.45, 7) is 7.59. The molecule has 0 unspecified atom stereocenters. The van der Waals surface area contributed by atoms with Gasteiger partial charge in [0.15, 0.2) is 0 Å². The molecule has 0 fully saturated rings. The fraction of sp³-hybridized carbons (Fsp3) is 0.538. The number of ether oxygens (including phenoxy) is 2. The van der Waals surface area contributed by atoms with Crippen LogP contribution in [-0.2, 0) is 10.2 Å². The third-order valence-corrected chi connectivity index (χ3v) is 2.36. The van der Waals surface area contributed by atoms with E-state index < -0.39 is 0 Å². The van der Waals surface area contributed by atoms with E-state index in [0.29, 0.717) is 13.2 Å². The molecule has 0 atom stereocenters. The first kappa shape index (κ1) is 12.8. The number of nitrogens with two attached hydrogens (primary N) is 1. The molecule has 0 spiro atoms. The molecule has 90 valence electrons. The van der Waals surface area contributed by atoms with Crippen LogP contribution in [0.5, 0.6) is 5.75 Å². The molecule has 1 aromatic carbocycles. The minimum Gasteiger partial charge on any atom is -0.491 e. The second-order valence-electron chi connectivity index (χ2n) is 4.85. The van der Waals surface area contributed by atoms with Crippen molar-refractivity contribution in [3.63, 3.8) is 0 Å². The Bertz CT molecular complexity index is 342. The van der Waals surface area contributed by atoms with Gasteiger partial charge in [0.05, 0.1) is 6.61 Å². The van der Waals surface area contributed by atoms with Gasteiger partial charge in [-0.25, -0.2) is 0 Å². The van der Waals surface area contributed by atoms with Crippen LogP contribution in [0.1, 0.15) is 26.3 Å². The first-order chi connectivity index (χ1) is 7.45. The van der Waals surface area contributed by atoms with Crippen molar-refractivity contribution in [3.8, 4) is 5.75 Å². The Labute approximate surface area is 97.6 Å². The van der Waals surface area contributed by atoms with Gasteiger partial charge in [-0.05, 0) is 17.0 Å². The Morgan fingerprint density at radius 2 is 1.88 bits per heavy atom. The van der Waals surface area contributed by atoms with E-state index in [9.17, 15) is 0 Å². The number of rotatable bonds is 4. The number of nitrogen functional groups attached to an aromatic ring is 1. The molecule has 2 N–H and O–H groups in total. The Morgan fingerprint density at radius 1 is 1.19 bits per heavy atom. The van der Waals surface area contributed by atoms with Crippen LogP contribution in [0, 0.1) is 0 Å². The third-order valence-electron chi connectivity index (χ3n) is 2.36.